The van der Waals surface area contributed by atoms with E-state index in [0.29, 0.717) is 5.65 Å². The summed E-state index contributed by atoms with van der Waals surface area (Å²) in [4.78, 5) is 17.6. The number of methoxy groups -OCH3 is 1. The number of rotatable bonds is 5. The average Bonchev–Trinajstić information content (AvgIpc) is 2.74. The van der Waals surface area contributed by atoms with Gasteiger partial charge in [-0.05, 0) is 36.8 Å². The SMILES string of the molecule is COCCn1c(=N)c(S(=O)(=O)c2ccccc2)cc2c(=O)n3cc(C)ccc3nc21. The maximum absolute atomic E-state index is 13.3. The fraction of sp³-hybridized carbons (Fsp3) is 0.190. The van der Waals surface area contributed by atoms with Crippen molar-refractivity contribution in [1.29, 1.82) is 5.41 Å². The summed E-state index contributed by atoms with van der Waals surface area (Å²) in [6, 6.07) is 12.7. The summed E-state index contributed by atoms with van der Waals surface area (Å²) >= 11 is 0. The summed E-state index contributed by atoms with van der Waals surface area (Å²) in [5.74, 6) is 0. The number of sulfone groups is 1. The Kier molecular flexibility index (Phi) is 5.00. The van der Waals surface area contributed by atoms with Gasteiger partial charge in [-0.2, -0.15) is 0 Å². The molecule has 0 saturated heterocycles. The molecule has 0 aliphatic rings. The minimum absolute atomic E-state index is 0.0563. The molecule has 3 heterocycles. The van der Waals surface area contributed by atoms with E-state index in [4.69, 9.17) is 10.1 Å². The molecule has 1 aromatic carbocycles. The molecule has 8 nitrogen and oxygen atoms in total. The van der Waals surface area contributed by atoms with Crippen molar-refractivity contribution in [1.82, 2.24) is 14.0 Å². The number of nitrogens with one attached hydrogen (secondary N) is 1. The summed E-state index contributed by atoms with van der Waals surface area (Å²) in [6.07, 6.45) is 1.66. The summed E-state index contributed by atoms with van der Waals surface area (Å²) < 4.78 is 34.4. The molecule has 0 atom stereocenters. The van der Waals surface area contributed by atoms with Crippen molar-refractivity contribution in [2.24, 2.45) is 0 Å². The number of aromatic nitrogens is 3. The Morgan fingerprint density at radius 2 is 1.87 bits per heavy atom. The molecule has 0 aliphatic carbocycles. The molecule has 4 aromatic rings. The van der Waals surface area contributed by atoms with Crippen LogP contribution in [-0.2, 0) is 21.1 Å². The minimum Gasteiger partial charge on any atom is -0.383 e. The quantitative estimate of drug-likeness (QED) is 0.493. The van der Waals surface area contributed by atoms with E-state index in [1.807, 2.05) is 13.0 Å². The Bertz CT molecular complexity index is 1490. The largest absolute Gasteiger partial charge is 0.383 e. The zero-order valence-corrected chi connectivity index (χ0v) is 17.3. The lowest BCUT2D eigenvalue weighted by Gasteiger charge is -2.15. The number of fused-ring (bicyclic) bond motifs is 2. The third kappa shape index (κ3) is 3.21. The van der Waals surface area contributed by atoms with Gasteiger partial charge in [0, 0.05) is 19.9 Å². The van der Waals surface area contributed by atoms with Crippen molar-refractivity contribution in [3.63, 3.8) is 0 Å². The fourth-order valence-electron chi connectivity index (χ4n) is 3.35. The van der Waals surface area contributed by atoms with Crippen LogP contribution in [0, 0.1) is 12.3 Å². The van der Waals surface area contributed by atoms with E-state index in [2.05, 4.69) is 4.98 Å². The maximum atomic E-state index is 13.3. The first kappa shape index (κ1) is 20.0. The number of benzene rings is 1. The first-order valence-electron chi connectivity index (χ1n) is 9.25. The van der Waals surface area contributed by atoms with Crippen LogP contribution in [0.15, 0.2) is 69.3 Å². The zero-order valence-electron chi connectivity index (χ0n) is 16.5. The molecule has 0 aliphatic heterocycles. The van der Waals surface area contributed by atoms with Crippen LogP contribution in [0.25, 0.3) is 16.7 Å². The average molecular weight is 424 g/mol. The van der Waals surface area contributed by atoms with E-state index in [1.54, 1.807) is 30.5 Å². The molecule has 0 unspecified atom stereocenters. The number of pyridine rings is 2. The molecular formula is C21H20N4O4S. The van der Waals surface area contributed by atoms with Crippen molar-refractivity contribution in [3.05, 3.63) is 76.1 Å². The van der Waals surface area contributed by atoms with E-state index in [-0.39, 0.29) is 39.5 Å². The highest BCUT2D eigenvalue weighted by Crippen LogP contribution is 2.20. The van der Waals surface area contributed by atoms with Crippen LogP contribution in [0.4, 0.5) is 0 Å². The van der Waals surface area contributed by atoms with Crippen molar-refractivity contribution in [3.8, 4) is 0 Å². The molecule has 1 N–H and O–H groups in total. The monoisotopic (exact) mass is 424 g/mol. The van der Waals surface area contributed by atoms with Crippen LogP contribution in [-0.4, -0.2) is 36.1 Å². The van der Waals surface area contributed by atoms with Crippen molar-refractivity contribution < 1.29 is 13.2 Å². The maximum Gasteiger partial charge on any atom is 0.267 e. The van der Waals surface area contributed by atoms with E-state index in [9.17, 15) is 13.2 Å². The minimum atomic E-state index is -4.01. The molecular weight excluding hydrogens is 404 g/mol. The normalized spacial score (nSPS) is 11.9. The molecule has 154 valence electrons. The van der Waals surface area contributed by atoms with Gasteiger partial charge in [-0.1, -0.05) is 24.3 Å². The molecule has 0 saturated carbocycles. The van der Waals surface area contributed by atoms with Gasteiger partial charge >= 0.3 is 0 Å². The molecule has 9 heteroatoms. The lowest BCUT2D eigenvalue weighted by Crippen LogP contribution is -2.31. The van der Waals surface area contributed by atoms with Crippen LogP contribution in [0.2, 0.25) is 0 Å². The predicted octanol–water partition coefficient (Wildman–Crippen LogP) is 1.92. The Balaban J connectivity index is 2.14. The summed E-state index contributed by atoms with van der Waals surface area (Å²) in [6.45, 7) is 2.26. The second kappa shape index (κ2) is 7.51. The molecule has 0 fully saturated rings. The summed E-state index contributed by atoms with van der Waals surface area (Å²) in [5, 5.41) is 8.73. The van der Waals surface area contributed by atoms with E-state index in [0.717, 1.165) is 5.56 Å². The zero-order chi connectivity index (χ0) is 21.5. The molecule has 0 amide bonds. The van der Waals surface area contributed by atoms with Gasteiger partial charge < -0.3 is 9.30 Å². The van der Waals surface area contributed by atoms with Gasteiger partial charge in [-0.3, -0.25) is 14.6 Å². The van der Waals surface area contributed by atoms with Crippen LogP contribution >= 0.6 is 0 Å². The third-order valence-corrected chi connectivity index (χ3v) is 6.66. The predicted molar refractivity (Wildman–Crippen MR) is 111 cm³/mol. The second-order valence-electron chi connectivity index (χ2n) is 6.91. The number of hydrogen-bond donors (Lipinski definition) is 1. The highest BCUT2D eigenvalue weighted by Gasteiger charge is 2.24. The fourth-order valence-corrected chi connectivity index (χ4v) is 4.76. The summed E-state index contributed by atoms with van der Waals surface area (Å²) in [7, 11) is -2.50. The van der Waals surface area contributed by atoms with Gasteiger partial charge in [-0.25, -0.2) is 13.4 Å². The van der Waals surface area contributed by atoms with Gasteiger partial charge in [0.2, 0.25) is 9.84 Å². The Hall–Kier alpha value is -3.30. The van der Waals surface area contributed by atoms with Gasteiger partial charge in [0.05, 0.1) is 16.9 Å². The summed E-state index contributed by atoms with van der Waals surface area (Å²) in [5.41, 5.74) is 0.897. The van der Waals surface area contributed by atoms with Crippen molar-refractivity contribution in [2.45, 2.75) is 23.3 Å². The molecule has 30 heavy (non-hydrogen) atoms. The van der Waals surface area contributed by atoms with Crippen LogP contribution < -0.4 is 11.0 Å². The number of ether oxygens (including phenoxy) is 1. The molecule has 0 bridgehead atoms. The van der Waals surface area contributed by atoms with Gasteiger partial charge in [0.25, 0.3) is 5.56 Å². The second-order valence-corrected chi connectivity index (χ2v) is 8.83. The smallest absolute Gasteiger partial charge is 0.267 e. The van der Waals surface area contributed by atoms with Crippen LogP contribution in [0.1, 0.15) is 5.56 Å². The Morgan fingerprint density at radius 3 is 2.57 bits per heavy atom. The number of nitrogens with zero attached hydrogens (tertiary/aromatic N) is 3. The van der Waals surface area contributed by atoms with Crippen LogP contribution in [0.3, 0.4) is 0 Å². The Labute approximate surface area is 172 Å². The van der Waals surface area contributed by atoms with Gasteiger partial charge in [0.15, 0.2) is 0 Å². The van der Waals surface area contributed by atoms with E-state index >= 15 is 0 Å². The topological polar surface area (TPSA) is 107 Å². The lowest BCUT2D eigenvalue weighted by molar-refractivity contribution is 0.186. The number of hydrogen-bond acceptors (Lipinski definition) is 6. The molecule has 3 aromatic heterocycles. The van der Waals surface area contributed by atoms with Crippen molar-refractivity contribution in [2.75, 3.05) is 13.7 Å². The molecule has 0 spiro atoms. The standard InChI is InChI=1S/C21H20N4O4S/c1-14-8-9-18-23-20-16(21(26)25(18)13-14)12-17(19(22)24(20)10-11-29-2)30(27,28)15-6-4-3-5-7-15/h3-9,12-13,22H,10-11H2,1-2H3. The van der Waals surface area contributed by atoms with Crippen molar-refractivity contribution >= 4 is 26.5 Å². The Morgan fingerprint density at radius 1 is 1.13 bits per heavy atom. The molecule has 4 rings (SSSR count). The van der Waals surface area contributed by atoms with Crippen LogP contribution in [0.5, 0.6) is 0 Å². The highest BCUT2D eigenvalue weighted by atomic mass is 32.2. The number of aryl methyl sites for hydroxylation is 1. The lowest BCUT2D eigenvalue weighted by atomic mass is 10.2. The van der Waals surface area contributed by atoms with Gasteiger partial charge in [-0.15, -0.1) is 0 Å². The van der Waals surface area contributed by atoms with E-state index < -0.39 is 15.4 Å². The van der Waals surface area contributed by atoms with Gasteiger partial charge in [0.1, 0.15) is 21.7 Å². The highest BCUT2D eigenvalue weighted by molar-refractivity contribution is 7.91. The third-order valence-electron chi connectivity index (χ3n) is 4.88. The van der Waals surface area contributed by atoms with E-state index in [1.165, 1.54) is 34.3 Å². The first-order valence-corrected chi connectivity index (χ1v) is 10.7. The first-order chi connectivity index (χ1) is 14.3. The molecule has 0 radical (unpaired) electrons.